The zero-order valence-corrected chi connectivity index (χ0v) is 8.90. The average molecular weight is 218 g/mol. The lowest BCUT2D eigenvalue weighted by Crippen LogP contribution is -2.50. The number of carbonyl (C=O) groups excluding carboxylic acids is 2. The van der Waals surface area contributed by atoms with Crippen LogP contribution >= 0.6 is 0 Å². The summed E-state index contributed by atoms with van der Waals surface area (Å²) in [5.74, 6) is -0.141. The van der Waals surface area contributed by atoms with Gasteiger partial charge in [0.15, 0.2) is 0 Å². The lowest BCUT2D eigenvalue weighted by atomic mass is 10.1. The Balaban J connectivity index is 1.95. The lowest BCUT2D eigenvalue weighted by molar-refractivity contribution is -0.123. The van der Waals surface area contributed by atoms with E-state index < -0.39 is 0 Å². The molecule has 1 unspecified atom stereocenters. The van der Waals surface area contributed by atoms with Gasteiger partial charge >= 0.3 is 0 Å². The number of hydrogen-bond acceptors (Lipinski definition) is 2. The van der Waals surface area contributed by atoms with Crippen molar-refractivity contribution in [3.63, 3.8) is 0 Å². The van der Waals surface area contributed by atoms with Gasteiger partial charge in [-0.05, 0) is 25.0 Å². The third-order valence-corrected chi connectivity index (χ3v) is 2.57. The van der Waals surface area contributed by atoms with Crippen LogP contribution in [0.1, 0.15) is 29.6 Å². The van der Waals surface area contributed by atoms with Gasteiger partial charge in [0.2, 0.25) is 5.91 Å². The summed E-state index contributed by atoms with van der Waals surface area (Å²) in [7, 11) is 0. The van der Waals surface area contributed by atoms with E-state index in [-0.39, 0.29) is 18.0 Å². The van der Waals surface area contributed by atoms with Crippen LogP contribution in [0.3, 0.4) is 0 Å². The summed E-state index contributed by atoms with van der Waals surface area (Å²) in [5, 5.41) is 5.54. The maximum absolute atomic E-state index is 11.8. The van der Waals surface area contributed by atoms with Crippen LogP contribution in [0.15, 0.2) is 30.3 Å². The highest BCUT2D eigenvalue weighted by atomic mass is 16.2. The zero-order valence-electron chi connectivity index (χ0n) is 8.90. The van der Waals surface area contributed by atoms with Gasteiger partial charge in [-0.1, -0.05) is 18.2 Å². The fraction of sp³-hybridized carbons (Fsp3) is 0.333. The quantitative estimate of drug-likeness (QED) is 0.779. The van der Waals surface area contributed by atoms with Crippen LogP contribution in [0.4, 0.5) is 0 Å². The minimum absolute atomic E-state index is 0.00427. The third kappa shape index (κ3) is 2.59. The van der Waals surface area contributed by atoms with Crippen molar-refractivity contribution >= 4 is 11.8 Å². The van der Waals surface area contributed by atoms with Gasteiger partial charge in [0.25, 0.3) is 5.91 Å². The molecule has 2 N–H and O–H groups in total. The minimum Gasteiger partial charge on any atom is -0.336 e. The van der Waals surface area contributed by atoms with Gasteiger partial charge in [0, 0.05) is 12.0 Å². The van der Waals surface area contributed by atoms with Crippen molar-refractivity contribution in [2.75, 3.05) is 0 Å². The van der Waals surface area contributed by atoms with Gasteiger partial charge in [-0.15, -0.1) is 0 Å². The van der Waals surface area contributed by atoms with Crippen molar-refractivity contribution in [3.05, 3.63) is 35.9 Å². The highest BCUT2D eigenvalue weighted by molar-refractivity contribution is 5.94. The third-order valence-electron chi connectivity index (χ3n) is 2.57. The second-order valence-corrected chi connectivity index (χ2v) is 3.85. The summed E-state index contributed by atoms with van der Waals surface area (Å²) < 4.78 is 0. The summed E-state index contributed by atoms with van der Waals surface area (Å²) in [6.07, 6.45) is 1.95. The van der Waals surface area contributed by atoms with Crippen molar-refractivity contribution in [3.8, 4) is 0 Å². The zero-order chi connectivity index (χ0) is 11.4. The van der Waals surface area contributed by atoms with Gasteiger partial charge in [0.1, 0.15) is 6.17 Å². The summed E-state index contributed by atoms with van der Waals surface area (Å²) >= 11 is 0. The topological polar surface area (TPSA) is 58.2 Å². The first kappa shape index (κ1) is 10.7. The number of hydrogen-bond donors (Lipinski definition) is 2. The Labute approximate surface area is 94.0 Å². The Morgan fingerprint density at radius 3 is 2.75 bits per heavy atom. The lowest BCUT2D eigenvalue weighted by Gasteiger charge is -2.24. The Hall–Kier alpha value is -1.84. The molecule has 4 heteroatoms. The smallest absolute Gasteiger partial charge is 0.252 e. The highest BCUT2D eigenvalue weighted by Gasteiger charge is 2.19. The summed E-state index contributed by atoms with van der Waals surface area (Å²) in [5.41, 5.74) is 0.613. The number of carbonyl (C=O) groups is 2. The van der Waals surface area contributed by atoms with E-state index in [9.17, 15) is 9.59 Å². The first-order valence-electron chi connectivity index (χ1n) is 5.41. The predicted octanol–water partition coefficient (Wildman–Crippen LogP) is 1.04. The van der Waals surface area contributed by atoms with Gasteiger partial charge in [-0.2, -0.15) is 0 Å². The molecule has 1 fully saturated rings. The first-order chi connectivity index (χ1) is 7.75. The summed E-state index contributed by atoms with van der Waals surface area (Å²) in [6.45, 7) is 0. The normalized spacial score (nSPS) is 20.0. The number of nitrogens with one attached hydrogen (secondary N) is 2. The molecule has 1 aliphatic heterocycles. The van der Waals surface area contributed by atoms with E-state index in [1.807, 2.05) is 18.2 Å². The summed E-state index contributed by atoms with van der Waals surface area (Å²) in [4.78, 5) is 22.9. The highest BCUT2D eigenvalue weighted by Crippen LogP contribution is 2.07. The van der Waals surface area contributed by atoms with Gasteiger partial charge in [-0.25, -0.2) is 0 Å². The van der Waals surface area contributed by atoms with Crippen molar-refractivity contribution in [2.45, 2.75) is 25.4 Å². The Kier molecular flexibility index (Phi) is 3.19. The molecule has 1 aromatic rings. The fourth-order valence-corrected chi connectivity index (χ4v) is 1.74. The van der Waals surface area contributed by atoms with Crippen molar-refractivity contribution < 1.29 is 9.59 Å². The molecule has 1 atom stereocenters. The van der Waals surface area contributed by atoms with E-state index >= 15 is 0 Å². The minimum atomic E-state index is -0.228. The van der Waals surface area contributed by atoms with Crippen LogP contribution in [-0.2, 0) is 4.79 Å². The molecule has 0 aromatic heterocycles. The second-order valence-electron chi connectivity index (χ2n) is 3.85. The van der Waals surface area contributed by atoms with E-state index in [4.69, 9.17) is 0 Å². The molecule has 1 aromatic carbocycles. The molecule has 0 radical (unpaired) electrons. The van der Waals surface area contributed by atoms with Crippen molar-refractivity contribution in [1.82, 2.24) is 10.6 Å². The molecular weight excluding hydrogens is 204 g/mol. The standard InChI is InChI=1S/C12H14N2O2/c15-11-8-4-7-10(13-11)14-12(16)9-5-2-1-3-6-9/h1-3,5-6,10H,4,7-8H2,(H,13,15)(H,14,16). The maximum Gasteiger partial charge on any atom is 0.252 e. The molecular formula is C12H14N2O2. The molecule has 2 amide bonds. The van der Waals surface area contributed by atoms with Crippen LogP contribution in [0, 0.1) is 0 Å². The van der Waals surface area contributed by atoms with Crippen molar-refractivity contribution in [2.24, 2.45) is 0 Å². The van der Waals surface area contributed by atoms with Crippen molar-refractivity contribution in [1.29, 1.82) is 0 Å². The molecule has 0 bridgehead atoms. The SMILES string of the molecule is O=C1CCCC(NC(=O)c2ccccc2)N1. The van der Waals surface area contributed by atoms with Gasteiger partial charge < -0.3 is 10.6 Å². The predicted molar refractivity (Wildman–Crippen MR) is 59.7 cm³/mol. The van der Waals surface area contributed by atoms with E-state index in [1.54, 1.807) is 12.1 Å². The van der Waals surface area contributed by atoms with Crippen LogP contribution in [0.25, 0.3) is 0 Å². The molecule has 1 aliphatic rings. The van der Waals surface area contributed by atoms with Crippen LogP contribution in [-0.4, -0.2) is 18.0 Å². The molecule has 0 saturated carbocycles. The molecule has 0 aliphatic carbocycles. The number of rotatable bonds is 2. The van der Waals surface area contributed by atoms with Gasteiger partial charge in [0.05, 0.1) is 0 Å². The average Bonchev–Trinajstić information content (AvgIpc) is 2.30. The largest absolute Gasteiger partial charge is 0.336 e. The number of piperidine rings is 1. The second kappa shape index (κ2) is 4.79. The monoisotopic (exact) mass is 218 g/mol. The molecule has 1 saturated heterocycles. The van der Waals surface area contributed by atoms with Crippen LogP contribution in [0.2, 0.25) is 0 Å². The number of benzene rings is 1. The molecule has 84 valence electrons. The molecule has 16 heavy (non-hydrogen) atoms. The Morgan fingerprint density at radius 2 is 2.06 bits per heavy atom. The Bertz CT molecular complexity index is 389. The molecule has 0 spiro atoms. The van der Waals surface area contributed by atoms with Crippen LogP contribution < -0.4 is 10.6 Å². The van der Waals surface area contributed by atoms with E-state index in [2.05, 4.69) is 10.6 Å². The van der Waals surface area contributed by atoms with Crippen LogP contribution in [0.5, 0.6) is 0 Å². The summed E-state index contributed by atoms with van der Waals surface area (Å²) in [6, 6.07) is 8.99. The van der Waals surface area contributed by atoms with E-state index in [0.717, 1.165) is 12.8 Å². The van der Waals surface area contributed by atoms with E-state index in [0.29, 0.717) is 12.0 Å². The van der Waals surface area contributed by atoms with E-state index in [1.165, 1.54) is 0 Å². The number of amides is 2. The fourth-order valence-electron chi connectivity index (χ4n) is 1.74. The van der Waals surface area contributed by atoms with Gasteiger partial charge in [-0.3, -0.25) is 9.59 Å². The molecule has 4 nitrogen and oxygen atoms in total. The first-order valence-corrected chi connectivity index (χ1v) is 5.41. The Morgan fingerprint density at radius 1 is 1.31 bits per heavy atom. The maximum atomic E-state index is 11.8. The molecule has 1 heterocycles. The molecule has 2 rings (SSSR count).